The molecule has 110 valence electrons. The lowest BCUT2D eigenvalue weighted by molar-refractivity contribution is 0.220. The van der Waals surface area contributed by atoms with Crippen molar-refractivity contribution in [1.29, 1.82) is 0 Å². The van der Waals surface area contributed by atoms with E-state index in [1.807, 2.05) is 0 Å². The highest BCUT2D eigenvalue weighted by molar-refractivity contribution is 5.37. The number of nitrogens with zero attached hydrogens (tertiary/aromatic N) is 1. The van der Waals surface area contributed by atoms with Crippen molar-refractivity contribution >= 4 is 0 Å². The Morgan fingerprint density at radius 2 is 1.90 bits per heavy atom. The number of rotatable bonds is 3. The molecule has 1 aliphatic heterocycles. The summed E-state index contributed by atoms with van der Waals surface area (Å²) in [6.45, 7) is 2.46. The Bertz CT molecular complexity index is 452. The molecule has 1 aromatic carbocycles. The topological polar surface area (TPSA) is 24.5 Å². The van der Waals surface area contributed by atoms with Crippen LogP contribution in [0.3, 0.4) is 0 Å². The minimum absolute atomic E-state index is 0.642. The van der Waals surface area contributed by atoms with Gasteiger partial charge in [-0.2, -0.15) is 0 Å². The van der Waals surface area contributed by atoms with Crippen LogP contribution in [0.15, 0.2) is 18.2 Å². The monoisotopic (exact) mass is 274 g/mol. The molecule has 0 spiro atoms. The molecule has 1 atom stereocenters. The van der Waals surface area contributed by atoms with Crippen molar-refractivity contribution in [1.82, 2.24) is 10.2 Å². The van der Waals surface area contributed by atoms with E-state index < -0.39 is 0 Å². The van der Waals surface area contributed by atoms with Crippen molar-refractivity contribution in [3.8, 4) is 5.75 Å². The normalized spacial score (nSPS) is 24.4. The van der Waals surface area contributed by atoms with Crippen LogP contribution in [0.2, 0.25) is 0 Å². The maximum absolute atomic E-state index is 5.35. The Morgan fingerprint density at radius 1 is 1.10 bits per heavy atom. The molecule has 0 radical (unpaired) electrons. The van der Waals surface area contributed by atoms with E-state index in [1.54, 1.807) is 7.11 Å². The van der Waals surface area contributed by atoms with Crippen molar-refractivity contribution in [2.75, 3.05) is 27.2 Å². The molecule has 0 amide bonds. The van der Waals surface area contributed by atoms with Crippen LogP contribution in [0.1, 0.15) is 30.4 Å². The second-order valence-corrected chi connectivity index (χ2v) is 6.32. The molecule has 1 heterocycles. The van der Waals surface area contributed by atoms with Gasteiger partial charge in [0.1, 0.15) is 5.75 Å². The lowest BCUT2D eigenvalue weighted by Crippen LogP contribution is -2.46. The molecular formula is C17H26N2O. The number of hydrogen-bond donors (Lipinski definition) is 1. The maximum Gasteiger partial charge on any atom is 0.119 e. The van der Waals surface area contributed by atoms with E-state index >= 15 is 0 Å². The Hall–Kier alpha value is -1.06. The van der Waals surface area contributed by atoms with Gasteiger partial charge >= 0.3 is 0 Å². The second-order valence-electron chi connectivity index (χ2n) is 6.32. The number of aryl methyl sites for hydroxylation is 1. The Balaban J connectivity index is 1.60. The first-order chi connectivity index (χ1) is 9.74. The van der Waals surface area contributed by atoms with Gasteiger partial charge in [0.2, 0.25) is 0 Å². The van der Waals surface area contributed by atoms with Gasteiger partial charge in [-0.1, -0.05) is 6.07 Å². The molecule has 2 aliphatic rings. The predicted octanol–water partition coefficient (Wildman–Crippen LogP) is 2.24. The van der Waals surface area contributed by atoms with E-state index in [4.69, 9.17) is 4.74 Å². The van der Waals surface area contributed by atoms with Crippen LogP contribution in [0.4, 0.5) is 0 Å². The first-order valence-corrected chi connectivity index (χ1v) is 7.85. The van der Waals surface area contributed by atoms with E-state index in [0.29, 0.717) is 12.1 Å². The summed E-state index contributed by atoms with van der Waals surface area (Å²) in [4.78, 5) is 2.43. The lowest BCUT2D eigenvalue weighted by Gasteiger charge is -2.34. The number of hydrogen-bond acceptors (Lipinski definition) is 3. The van der Waals surface area contributed by atoms with Gasteiger partial charge in [-0.15, -0.1) is 0 Å². The van der Waals surface area contributed by atoms with E-state index in [2.05, 4.69) is 35.5 Å². The molecule has 3 rings (SSSR count). The number of methoxy groups -OCH3 is 1. The van der Waals surface area contributed by atoms with Gasteiger partial charge in [0.25, 0.3) is 0 Å². The summed E-state index contributed by atoms with van der Waals surface area (Å²) in [7, 11) is 3.97. The third-order valence-electron chi connectivity index (χ3n) is 4.83. The number of likely N-dealkylation sites (tertiary alicyclic amines) is 1. The van der Waals surface area contributed by atoms with Crippen LogP contribution < -0.4 is 10.1 Å². The Labute approximate surface area is 122 Å². The molecule has 3 heteroatoms. The van der Waals surface area contributed by atoms with E-state index in [-0.39, 0.29) is 0 Å². The summed E-state index contributed by atoms with van der Waals surface area (Å²) in [5.41, 5.74) is 2.98. The number of fused-ring (bicyclic) bond motifs is 1. The zero-order valence-corrected chi connectivity index (χ0v) is 12.7. The van der Waals surface area contributed by atoms with Crippen LogP contribution in [-0.4, -0.2) is 44.2 Å². The van der Waals surface area contributed by atoms with E-state index in [9.17, 15) is 0 Å². The lowest BCUT2D eigenvalue weighted by atomic mass is 9.87. The average Bonchev–Trinajstić information content (AvgIpc) is 2.49. The highest BCUT2D eigenvalue weighted by Crippen LogP contribution is 2.26. The Kier molecular flexibility index (Phi) is 4.27. The molecule has 0 saturated carbocycles. The molecular weight excluding hydrogens is 248 g/mol. The van der Waals surface area contributed by atoms with Crippen molar-refractivity contribution in [2.24, 2.45) is 0 Å². The summed E-state index contributed by atoms with van der Waals surface area (Å²) in [6, 6.07) is 7.90. The molecule has 0 bridgehead atoms. The highest BCUT2D eigenvalue weighted by Gasteiger charge is 2.23. The third kappa shape index (κ3) is 3.15. The zero-order valence-electron chi connectivity index (χ0n) is 12.7. The quantitative estimate of drug-likeness (QED) is 0.915. The molecule has 1 saturated heterocycles. The van der Waals surface area contributed by atoms with E-state index in [1.165, 1.54) is 49.9 Å². The Morgan fingerprint density at radius 3 is 2.65 bits per heavy atom. The SMILES string of the molecule is COc1ccc2c(c1)CC(NC1CCN(C)CC1)CC2. The molecule has 1 aromatic rings. The van der Waals surface area contributed by atoms with Gasteiger partial charge in [0.05, 0.1) is 7.11 Å². The van der Waals surface area contributed by atoms with Gasteiger partial charge in [-0.3, -0.25) is 0 Å². The minimum Gasteiger partial charge on any atom is -0.497 e. The van der Waals surface area contributed by atoms with Crippen LogP contribution in [0.25, 0.3) is 0 Å². The van der Waals surface area contributed by atoms with Crippen LogP contribution in [-0.2, 0) is 12.8 Å². The summed E-state index contributed by atoms with van der Waals surface area (Å²) in [6.07, 6.45) is 6.20. The number of nitrogens with one attached hydrogen (secondary N) is 1. The zero-order chi connectivity index (χ0) is 13.9. The number of piperidine rings is 1. The van der Waals surface area contributed by atoms with Crippen LogP contribution >= 0.6 is 0 Å². The molecule has 0 aromatic heterocycles. The minimum atomic E-state index is 0.642. The molecule has 3 nitrogen and oxygen atoms in total. The van der Waals surface area contributed by atoms with Gasteiger partial charge in [-0.25, -0.2) is 0 Å². The first-order valence-electron chi connectivity index (χ1n) is 7.85. The fourth-order valence-electron chi connectivity index (χ4n) is 3.51. The van der Waals surface area contributed by atoms with Crippen molar-refractivity contribution in [2.45, 2.75) is 44.2 Å². The van der Waals surface area contributed by atoms with Gasteiger partial charge < -0.3 is 15.0 Å². The fourth-order valence-corrected chi connectivity index (χ4v) is 3.51. The molecule has 1 unspecified atom stereocenters. The number of ether oxygens (including phenoxy) is 1. The van der Waals surface area contributed by atoms with Crippen molar-refractivity contribution in [3.63, 3.8) is 0 Å². The average molecular weight is 274 g/mol. The first kappa shape index (κ1) is 13.9. The van der Waals surface area contributed by atoms with Crippen LogP contribution in [0.5, 0.6) is 5.75 Å². The number of benzene rings is 1. The summed E-state index contributed by atoms with van der Waals surface area (Å²) in [5.74, 6) is 0.990. The molecule has 20 heavy (non-hydrogen) atoms. The molecule has 1 aliphatic carbocycles. The predicted molar refractivity (Wildman–Crippen MR) is 82.5 cm³/mol. The van der Waals surface area contributed by atoms with Gasteiger partial charge in [0.15, 0.2) is 0 Å². The smallest absolute Gasteiger partial charge is 0.119 e. The molecule has 1 N–H and O–H groups in total. The maximum atomic E-state index is 5.35. The standard InChI is InChI=1S/C17H26N2O/c1-19-9-7-15(8-10-19)18-16-5-3-13-4-6-17(20-2)12-14(13)11-16/h4,6,12,15-16,18H,3,5,7-11H2,1-2H3. The summed E-state index contributed by atoms with van der Waals surface area (Å²) >= 11 is 0. The fraction of sp³-hybridized carbons (Fsp3) is 0.647. The van der Waals surface area contributed by atoms with Crippen LogP contribution in [0, 0.1) is 0 Å². The van der Waals surface area contributed by atoms with E-state index in [0.717, 1.165) is 12.2 Å². The highest BCUT2D eigenvalue weighted by atomic mass is 16.5. The van der Waals surface area contributed by atoms with Crippen molar-refractivity contribution in [3.05, 3.63) is 29.3 Å². The molecule has 1 fully saturated rings. The largest absolute Gasteiger partial charge is 0.497 e. The second kappa shape index (κ2) is 6.15. The van der Waals surface area contributed by atoms with Gasteiger partial charge in [0, 0.05) is 12.1 Å². The van der Waals surface area contributed by atoms with Gasteiger partial charge in [-0.05, 0) is 75.5 Å². The van der Waals surface area contributed by atoms with Crippen molar-refractivity contribution < 1.29 is 4.74 Å². The summed E-state index contributed by atoms with van der Waals surface area (Å²) in [5, 5.41) is 3.89. The summed E-state index contributed by atoms with van der Waals surface area (Å²) < 4.78 is 5.35. The third-order valence-corrected chi connectivity index (χ3v) is 4.83.